The molecule has 0 saturated carbocycles. The predicted octanol–water partition coefficient (Wildman–Crippen LogP) is 9.76. The van der Waals surface area contributed by atoms with Crippen LogP contribution in [0.5, 0.6) is 5.75 Å². The summed E-state index contributed by atoms with van der Waals surface area (Å²) in [4.78, 5) is 13.1. The van der Waals surface area contributed by atoms with Crippen molar-refractivity contribution in [3.63, 3.8) is 0 Å². The van der Waals surface area contributed by atoms with Crippen LogP contribution in [0.25, 0.3) is 11.1 Å². The van der Waals surface area contributed by atoms with E-state index in [0.29, 0.717) is 12.1 Å². The molecule has 0 N–H and O–H groups in total. The van der Waals surface area contributed by atoms with Crippen molar-refractivity contribution in [2.75, 3.05) is 7.11 Å². The topological polar surface area (TPSA) is 38.8 Å². The lowest BCUT2D eigenvalue weighted by Gasteiger charge is -2.25. The lowest BCUT2D eigenvalue weighted by molar-refractivity contribution is -0.143. The Kier molecular flexibility index (Phi) is 5.46. The molecule has 3 aromatic carbocycles. The summed E-state index contributed by atoms with van der Waals surface area (Å²) in [7, 11) is 0.871. The first-order valence-corrected chi connectivity index (χ1v) is 12.0. The van der Waals surface area contributed by atoms with Crippen LogP contribution in [0.4, 0.5) is 48.7 Å². The van der Waals surface area contributed by atoms with Gasteiger partial charge in [0.25, 0.3) is 0 Å². The van der Waals surface area contributed by atoms with Crippen LogP contribution < -0.4 is 4.74 Å². The highest BCUT2D eigenvalue weighted by molar-refractivity contribution is 5.79. The lowest BCUT2D eigenvalue weighted by atomic mass is 9.88. The van der Waals surface area contributed by atoms with Gasteiger partial charge in [-0.1, -0.05) is 19.8 Å². The number of hydrogen-bond acceptors (Lipinski definition) is 3. The van der Waals surface area contributed by atoms with Crippen LogP contribution in [-0.2, 0) is 29.8 Å². The summed E-state index contributed by atoms with van der Waals surface area (Å²) < 4.78 is 240. The fraction of sp³-hybridized carbons (Fsp3) is 0.367. The molecule has 0 aromatic heterocycles. The van der Waals surface area contributed by atoms with Crippen LogP contribution in [0.2, 0.25) is 0 Å². The van der Waals surface area contributed by atoms with Gasteiger partial charge in [0.1, 0.15) is 17.7 Å². The van der Waals surface area contributed by atoms with Gasteiger partial charge >= 0.3 is 24.6 Å². The molecule has 1 saturated heterocycles. The molecule has 1 amide bonds. The number of methoxy groups -OCH3 is 1. The van der Waals surface area contributed by atoms with Crippen LogP contribution in [0.15, 0.2) is 48.5 Å². The Morgan fingerprint density at radius 2 is 1.52 bits per heavy atom. The third-order valence-electron chi connectivity index (χ3n) is 6.45. The number of amides is 1. The number of ether oxygens (including phenoxy) is 2. The molecule has 1 aliphatic heterocycles. The Hall–Kier alpha value is -3.97. The van der Waals surface area contributed by atoms with E-state index in [0.717, 1.165) is 13.2 Å². The van der Waals surface area contributed by atoms with Crippen LogP contribution in [0.1, 0.15) is 81.0 Å². The number of alkyl halides is 9. The van der Waals surface area contributed by atoms with Crippen molar-refractivity contribution >= 4 is 6.09 Å². The van der Waals surface area contributed by atoms with Crippen LogP contribution in [0.3, 0.4) is 0 Å². The largest absolute Gasteiger partial charge is 0.496 e. The van der Waals surface area contributed by atoms with Gasteiger partial charge in [0, 0.05) is 23.5 Å². The number of hydrogen-bond donors (Lipinski definition) is 0. The lowest BCUT2D eigenvalue weighted by Crippen LogP contribution is -2.32. The van der Waals surface area contributed by atoms with E-state index in [1.165, 1.54) is 0 Å². The van der Waals surface area contributed by atoms with Crippen molar-refractivity contribution in [1.29, 1.82) is 0 Å². The number of carbonyl (C=O) groups excluding carboxylic acids is 1. The van der Waals surface area contributed by atoms with E-state index >= 15 is 4.39 Å². The molecule has 1 heterocycles. The second-order valence-corrected chi connectivity index (χ2v) is 9.30. The fourth-order valence-electron chi connectivity index (χ4n) is 4.45. The summed E-state index contributed by atoms with van der Waals surface area (Å²) in [6, 6.07) is -1.29. The van der Waals surface area contributed by atoms with Gasteiger partial charge in [0.2, 0.25) is 0 Å². The minimum Gasteiger partial charge on any atom is -0.496 e. The van der Waals surface area contributed by atoms with E-state index in [4.69, 9.17) is 24.6 Å². The van der Waals surface area contributed by atoms with E-state index in [1.54, 1.807) is 0 Å². The molecule has 1 aliphatic rings. The first-order chi connectivity index (χ1) is 24.6. The van der Waals surface area contributed by atoms with E-state index in [1.807, 2.05) is 0 Å². The monoisotopic (exact) mass is 648 g/mol. The van der Waals surface area contributed by atoms with E-state index in [-0.39, 0.29) is 30.3 Å². The average molecular weight is 649 g/mol. The number of nitrogens with zero attached hydrogens (tertiary/aromatic N) is 1. The zero-order valence-corrected chi connectivity index (χ0v) is 21.8. The van der Waals surface area contributed by atoms with E-state index in [9.17, 15) is 44.3 Å². The maximum Gasteiger partial charge on any atom is 0.416 e. The summed E-state index contributed by atoms with van der Waals surface area (Å²) >= 11 is 0. The van der Waals surface area contributed by atoms with Gasteiger partial charge in [0.05, 0.1) is 39.1 Å². The predicted molar refractivity (Wildman–Crippen MR) is 138 cm³/mol. The van der Waals surface area contributed by atoms with Crippen LogP contribution in [-0.4, -0.2) is 24.1 Å². The molecule has 0 spiro atoms. The first-order valence-electron chi connectivity index (χ1n) is 17.5. The standard InChI is InChI=1S/C30H25F10NO3/c1-14(2)24-22(31)7-8-23(43-4)25(24)21-6-5-18(28(32,33)34)11-17(21)13-41-15(3)26(44-27(41)42)16-9-19(29(35,36)37)12-20(10-16)30(38,39)40/h5-12,14-15,26H,13H2,1-4H3/t15-,26-/m0/s1/i1D3,2D3,3D3,13D2. The molecule has 4 nitrogen and oxygen atoms in total. The van der Waals surface area contributed by atoms with Gasteiger partial charge in [-0.15, -0.1) is 0 Å². The minimum atomic E-state index is -5.50. The molecule has 0 aliphatic carbocycles. The van der Waals surface area contributed by atoms with Crippen molar-refractivity contribution in [1.82, 2.24) is 4.90 Å². The third-order valence-corrected chi connectivity index (χ3v) is 6.45. The highest BCUT2D eigenvalue weighted by Gasteiger charge is 2.44. The van der Waals surface area contributed by atoms with Crippen LogP contribution in [0, 0.1) is 5.82 Å². The van der Waals surface area contributed by atoms with Gasteiger partial charge in [-0.2, -0.15) is 39.5 Å². The van der Waals surface area contributed by atoms with Gasteiger partial charge in [-0.3, -0.25) is 4.90 Å². The fourth-order valence-corrected chi connectivity index (χ4v) is 4.45. The Balaban J connectivity index is 2.12. The highest BCUT2D eigenvalue weighted by atomic mass is 19.4. The van der Waals surface area contributed by atoms with Gasteiger partial charge in [0.15, 0.2) is 0 Å². The second-order valence-electron chi connectivity index (χ2n) is 9.30. The van der Waals surface area contributed by atoms with Crippen LogP contribution >= 0.6 is 0 Å². The Labute approximate surface area is 260 Å². The number of carbonyl (C=O) groups is 1. The van der Waals surface area contributed by atoms with Gasteiger partial charge < -0.3 is 9.47 Å². The maximum absolute atomic E-state index is 15.8. The molecule has 1 fully saturated rings. The zero-order chi connectivity index (χ0) is 42.2. The normalized spacial score (nSPS) is 22.7. The number of rotatable bonds is 6. The Morgan fingerprint density at radius 3 is 2.05 bits per heavy atom. The summed E-state index contributed by atoms with van der Waals surface area (Å²) in [5.41, 5.74) is -11.6. The molecule has 238 valence electrons. The summed E-state index contributed by atoms with van der Waals surface area (Å²) in [5, 5.41) is 0. The maximum atomic E-state index is 15.8. The zero-order valence-electron chi connectivity index (χ0n) is 32.8. The molecular formula is C30H25F10NO3. The average Bonchev–Trinajstić information content (AvgIpc) is 3.37. The smallest absolute Gasteiger partial charge is 0.416 e. The molecule has 0 radical (unpaired) electrons. The second kappa shape index (κ2) is 11.5. The molecular weight excluding hydrogens is 612 g/mol. The third kappa shape index (κ3) is 6.43. The molecule has 2 atom stereocenters. The molecule has 0 bridgehead atoms. The summed E-state index contributed by atoms with van der Waals surface area (Å²) in [6.07, 6.45) is -21.2. The quantitative estimate of drug-likeness (QED) is 0.250. The minimum absolute atomic E-state index is 0.00559. The van der Waals surface area contributed by atoms with Crippen molar-refractivity contribution in [2.45, 2.75) is 63.6 Å². The number of halogens is 10. The van der Waals surface area contributed by atoms with E-state index < -0.39 is 131 Å². The van der Waals surface area contributed by atoms with Crippen molar-refractivity contribution in [3.8, 4) is 16.9 Å². The van der Waals surface area contributed by atoms with Gasteiger partial charge in [-0.25, -0.2) is 9.18 Å². The molecule has 0 unspecified atom stereocenters. The van der Waals surface area contributed by atoms with Gasteiger partial charge in [-0.05, 0) is 71.9 Å². The SMILES string of the molecule is [2H]C([2H])([2H])C(c1c(F)ccc(OC)c1-c1ccc(C(F)(F)F)cc1C([2H])([2H])N1C(=O)O[C@H](c2cc(C(F)(F)F)cc(C(F)(F)F)c2)[C@@H]1C([2H])([2H])[2H])C([2H])([2H])[2H]. The molecule has 3 aromatic rings. The van der Waals surface area contributed by atoms with Crippen molar-refractivity contribution in [2.24, 2.45) is 0 Å². The first kappa shape index (κ1) is 20.9. The Morgan fingerprint density at radius 1 is 0.909 bits per heavy atom. The summed E-state index contributed by atoms with van der Waals surface area (Å²) in [5.74, 6) is -5.04. The Bertz CT molecular complexity index is 1910. The number of cyclic esters (lactones) is 1. The molecule has 44 heavy (non-hydrogen) atoms. The van der Waals surface area contributed by atoms with Crippen molar-refractivity contribution < 1.29 is 73.3 Å². The number of benzene rings is 3. The summed E-state index contributed by atoms with van der Waals surface area (Å²) in [6.45, 7) is -15.0. The molecule has 4 rings (SSSR count). The van der Waals surface area contributed by atoms with E-state index in [2.05, 4.69) is 0 Å². The molecule has 14 heteroatoms. The highest BCUT2D eigenvalue weighted by Crippen LogP contribution is 2.45. The van der Waals surface area contributed by atoms with Crippen molar-refractivity contribution in [3.05, 3.63) is 87.7 Å².